The number of hydrogen-bond donors (Lipinski definition) is 0. The fourth-order valence-corrected chi connectivity index (χ4v) is 2.46. The molecule has 84 valence electrons. The Labute approximate surface area is 93.2 Å². The molecule has 3 heteroatoms. The average Bonchev–Trinajstić information content (AvgIpc) is 2.46. The Balaban J connectivity index is 2.38. The molecule has 0 spiro atoms. The zero-order valence-corrected chi connectivity index (χ0v) is 10.6. The lowest BCUT2D eigenvalue weighted by molar-refractivity contribution is 0.244. The van der Waals surface area contributed by atoms with Gasteiger partial charge in [0.05, 0.1) is 0 Å². The van der Waals surface area contributed by atoms with Crippen molar-refractivity contribution in [3.05, 3.63) is 0 Å². The van der Waals surface area contributed by atoms with Gasteiger partial charge in [-0.2, -0.15) is 0 Å². The summed E-state index contributed by atoms with van der Waals surface area (Å²) < 4.78 is 0. The molecule has 1 saturated heterocycles. The summed E-state index contributed by atoms with van der Waals surface area (Å²) in [6.45, 7) is 8.15. The second-order valence-corrected chi connectivity index (χ2v) is 5.29. The molecule has 2 nitrogen and oxygen atoms in total. The maximum atomic E-state index is 5.83. The van der Waals surface area contributed by atoms with E-state index in [9.17, 15) is 0 Å². The Morgan fingerprint density at radius 3 is 2.50 bits per heavy atom. The van der Waals surface area contributed by atoms with E-state index in [0.717, 1.165) is 24.4 Å². The predicted molar refractivity (Wildman–Crippen MR) is 63.0 cm³/mol. The number of likely N-dealkylation sites (N-methyl/N-ethyl adjacent to an activating group) is 1. The van der Waals surface area contributed by atoms with Gasteiger partial charge in [0.15, 0.2) is 0 Å². The molecular weight excluding hydrogens is 196 g/mol. The topological polar surface area (TPSA) is 6.48 Å². The van der Waals surface area contributed by atoms with Crippen LogP contribution in [0.1, 0.15) is 13.8 Å². The van der Waals surface area contributed by atoms with Gasteiger partial charge in [0.2, 0.25) is 0 Å². The molecule has 14 heavy (non-hydrogen) atoms. The van der Waals surface area contributed by atoms with Crippen LogP contribution in [0.25, 0.3) is 0 Å². The Bertz CT molecular complexity index is 173. The molecule has 0 aromatic heterocycles. The van der Waals surface area contributed by atoms with Gasteiger partial charge >= 0.3 is 0 Å². The number of likely N-dealkylation sites (tertiary alicyclic amines) is 1. The van der Waals surface area contributed by atoms with E-state index in [-0.39, 0.29) is 0 Å². The smallest absolute Gasteiger partial charge is 0.0261 e. The van der Waals surface area contributed by atoms with Crippen molar-refractivity contribution in [1.29, 1.82) is 0 Å². The monoisotopic (exact) mass is 218 g/mol. The van der Waals surface area contributed by atoms with Crippen molar-refractivity contribution in [2.75, 3.05) is 39.6 Å². The summed E-state index contributed by atoms with van der Waals surface area (Å²) in [5.41, 5.74) is 0. The molecule has 1 heterocycles. The van der Waals surface area contributed by atoms with Crippen LogP contribution in [0.2, 0.25) is 0 Å². The molecule has 0 aromatic carbocycles. The maximum absolute atomic E-state index is 5.83. The van der Waals surface area contributed by atoms with Gasteiger partial charge < -0.3 is 9.80 Å². The zero-order chi connectivity index (χ0) is 10.7. The van der Waals surface area contributed by atoms with Crippen LogP contribution in [0.5, 0.6) is 0 Å². The summed E-state index contributed by atoms with van der Waals surface area (Å²) in [4.78, 5) is 4.89. The number of rotatable bonds is 4. The molecule has 0 amide bonds. The normalized spacial score (nSPS) is 31.3. The van der Waals surface area contributed by atoms with E-state index in [1.165, 1.54) is 13.1 Å². The molecule has 0 bridgehead atoms. The van der Waals surface area contributed by atoms with Crippen molar-refractivity contribution in [2.24, 2.45) is 11.8 Å². The largest absolute Gasteiger partial charge is 0.305 e. The van der Waals surface area contributed by atoms with Crippen LogP contribution in [0.15, 0.2) is 0 Å². The van der Waals surface area contributed by atoms with E-state index in [1.54, 1.807) is 0 Å². The van der Waals surface area contributed by atoms with Crippen molar-refractivity contribution in [3.63, 3.8) is 0 Å². The van der Waals surface area contributed by atoms with Gasteiger partial charge in [-0.15, -0.1) is 11.6 Å². The molecule has 0 radical (unpaired) electrons. The van der Waals surface area contributed by atoms with Crippen LogP contribution >= 0.6 is 11.6 Å². The van der Waals surface area contributed by atoms with E-state index in [2.05, 4.69) is 37.7 Å². The van der Waals surface area contributed by atoms with Gasteiger partial charge in [-0.25, -0.2) is 0 Å². The summed E-state index contributed by atoms with van der Waals surface area (Å²) in [5.74, 6) is 2.18. The molecule has 1 aliphatic rings. The predicted octanol–water partition coefficient (Wildman–Crippen LogP) is 1.74. The molecule has 3 atom stereocenters. The Hall–Kier alpha value is 0.210. The Morgan fingerprint density at radius 2 is 2.07 bits per heavy atom. The van der Waals surface area contributed by atoms with Crippen LogP contribution in [0, 0.1) is 11.8 Å². The SMILES string of the molecule is CC(CCl)CN1CC(C)C(N(C)C)C1. The lowest BCUT2D eigenvalue weighted by Gasteiger charge is -2.23. The number of hydrogen-bond acceptors (Lipinski definition) is 2. The summed E-state index contributed by atoms with van der Waals surface area (Å²) in [6, 6.07) is 0.720. The summed E-state index contributed by atoms with van der Waals surface area (Å²) in [7, 11) is 4.35. The minimum Gasteiger partial charge on any atom is -0.305 e. The van der Waals surface area contributed by atoms with Gasteiger partial charge in [0.1, 0.15) is 0 Å². The van der Waals surface area contributed by atoms with Crippen LogP contribution in [-0.2, 0) is 0 Å². The van der Waals surface area contributed by atoms with E-state index >= 15 is 0 Å². The molecule has 0 aliphatic carbocycles. The first-order valence-electron chi connectivity index (χ1n) is 5.49. The number of alkyl halides is 1. The van der Waals surface area contributed by atoms with Crippen LogP contribution < -0.4 is 0 Å². The lowest BCUT2D eigenvalue weighted by atomic mass is 10.1. The summed E-state index contributed by atoms with van der Waals surface area (Å²) in [6.07, 6.45) is 0. The van der Waals surface area contributed by atoms with Crippen LogP contribution in [-0.4, -0.2) is 55.5 Å². The van der Waals surface area contributed by atoms with Crippen molar-refractivity contribution < 1.29 is 0 Å². The second-order valence-electron chi connectivity index (χ2n) is 4.99. The molecular formula is C11H23ClN2. The summed E-state index contributed by atoms with van der Waals surface area (Å²) >= 11 is 5.83. The number of nitrogens with zero attached hydrogens (tertiary/aromatic N) is 2. The second kappa shape index (κ2) is 5.34. The highest BCUT2D eigenvalue weighted by atomic mass is 35.5. The molecule has 3 unspecified atom stereocenters. The zero-order valence-electron chi connectivity index (χ0n) is 9.83. The van der Waals surface area contributed by atoms with Crippen LogP contribution in [0.4, 0.5) is 0 Å². The van der Waals surface area contributed by atoms with E-state index < -0.39 is 0 Å². The van der Waals surface area contributed by atoms with Gasteiger partial charge in [0, 0.05) is 31.6 Å². The fraction of sp³-hybridized carbons (Fsp3) is 1.00. The molecule has 1 rings (SSSR count). The fourth-order valence-electron chi connectivity index (χ4n) is 2.36. The standard InChI is InChI=1S/C11H23ClN2/c1-9(5-12)6-14-7-10(2)11(8-14)13(3)4/h9-11H,5-8H2,1-4H3. The van der Waals surface area contributed by atoms with E-state index in [1.807, 2.05) is 0 Å². The summed E-state index contributed by atoms with van der Waals surface area (Å²) in [5, 5.41) is 0. The van der Waals surface area contributed by atoms with E-state index in [4.69, 9.17) is 11.6 Å². The third-order valence-corrected chi connectivity index (χ3v) is 3.67. The van der Waals surface area contributed by atoms with Gasteiger partial charge in [-0.3, -0.25) is 0 Å². The van der Waals surface area contributed by atoms with Crippen molar-refractivity contribution in [2.45, 2.75) is 19.9 Å². The lowest BCUT2D eigenvalue weighted by Crippen LogP contribution is -2.35. The highest BCUT2D eigenvalue weighted by Gasteiger charge is 2.31. The molecule has 1 fully saturated rings. The first-order chi connectivity index (χ1) is 6.54. The van der Waals surface area contributed by atoms with Gasteiger partial charge in [-0.1, -0.05) is 13.8 Å². The molecule has 1 aliphatic heterocycles. The molecule has 0 N–H and O–H groups in total. The quantitative estimate of drug-likeness (QED) is 0.664. The molecule has 0 aromatic rings. The minimum absolute atomic E-state index is 0.616. The highest BCUT2D eigenvalue weighted by Crippen LogP contribution is 2.20. The van der Waals surface area contributed by atoms with Crippen molar-refractivity contribution in [3.8, 4) is 0 Å². The molecule has 0 saturated carbocycles. The first kappa shape index (κ1) is 12.3. The first-order valence-corrected chi connectivity index (χ1v) is 6.02. The van der Waals surface area contributed by atoms with Crippen LogP contribution in [0.3, 0.4) is 0 Å². The number of halogens is 1. The Morgan fingerprint density at radius 1 is 1.43 bits per heavy atom. The highest BCUT2D eigenvalue weighted by molar-refractivity contribution is 6.18. The van der Waals surface area contributed by atoms with Gasteiger partial charge in [-0.05, 0) is 25.9 Å². The van der Waals surface area contributed by atoms with E-state index in [0.29, 0.717) is 5.92 Å². The minimum atomic E-state index is 0.616. The maximum Gasteiger partial charge on any atom is 0.0261 e. The third kappa shape index (κ3) is 3.11. The van der Waals surface area contributed by atoms with Gasteiger partial charge in [0.25, 0.3) is 0 Å². The van der Waals surface area contributed by atoms with Crippen molar-refractivity contribution in [1.82, 2.24) is 9.80 Å². The van der Waals surface area contributed by atoms with Crippen molar-refractivity contribution >= 4 is 11.6 Å². The third-order valence-electron chi connectivity index (χ3n) is 3.14. The Kier molecular flexibility index (Phi) is 4.68. The average molecular weight is 219 g/mol.